The second-order valence-corrected chi connectivity index (χ2v) is 9.82. The Labute approximate surface area is 212 Å². The van der Waals surface area contributed by atoms with Gasteiger partial charge in [0.25, 0.3) is 11.5 Å². The van der Waals surface area contributed by atoms with Crippen LogP contribution in [0.25, 0.3) is 22.0 Å². The van der Waals surface area contributed by atoms with Crippen molar-refractivity contribution in [1.82, 2.24) is 9.55 Å². The van der Waals surface area contributed by atoms with Gasteiger partial charge in [0.15, 0.2) is 0 Å². The molecule has 4 aromatic rings. The lowest BCUT2D eigenvalue weighted by Crippen LogP contribution is -2.23. The van der Waals surface area contributed by atoms with Gasteiger partial charge in [0.05, 0.1) is 5.52 Å². The molecule has 0 saturated carbocycles. The van der Waals surface area contributed by atoms with E-state index >= 15 is 0 Å². The molecule has 1 amide bonds. The highest BCUT2D eigenvalue weighted by Crippen LogP contribution is 2.28. The first-order valence-corrected chi connectivity index (χ1v) is 12.5. The van der Waals surface area contributed by atoms with Crippen LogP contribution in [0.2, 0.25) is 0 Å². The van der Waals surface area contributed by atoms with Crippen LogP contribution < -0.4 is 16.6 Å². The standard InChI is InChI=1S/C30H34N4O2/c1-19(2)11-13-34-28-17-24(10-12-31)32-18-23(28)15-27(30(34)36)26-16-25(9-8-21(26)4)33-29(35)22-7-5-6-20(3)14-22/h5-9,14-19H,10-13,31H2,1-4H3,(H,33,35). The Balaban J connectivity index is 1.79. The van der Waals surface area contributed by atoms with Gasteiger partial charge in [-0.1, -0.05) is 37.6 Å². The van der Waals surface area contributed by atoms with Crippen molar-refractivity contribution in [2.24, 2.45) is 11.7 Å². The van der Waals surface area contributed by atoms with Crippen LogP contribution in [-0.4, -0.2) is 22.0 Å². The minimum atomic E-state index is -0.182. The molecule has 0 saturated heterocycles. The quantitative estimate of drug-likeness (QED) is 0.348. The number of fused-ring (bicyclic) bond motifs is 1. The van der Waals surface area contributed by atoms with Crippen molar-refractivity contribution in [3.05, 3.63) is 93.5 Å². The number of aromatic nitrogens is 2. The van der Waals surface area contributed by atoms with Gasteiger partial charge in [-0.2, -0.15) is 0 Å². The molecule has 0 fully saturated rings. The number of nitrogens with one attached hydrogen (secondary N) is 1. The lowest BCUT2D eigenvalue weighted by atomic mass is 9.99. The molecule has 0 atom stereocenters. The summed E-state index contributed by atoms with van der Waals surface area (Å²) in [5.41, 5.74) is 12.1. The first-order valence-electron chi connectivity index (χ1n) is 12.5. The number of rotatable bonds is 8. The summed E-state index contributed by atoms with van der Waals surface area (Å²) in [6, 6.07) is 17.1. The third kappa shape index (κ3) is 5.55. The zero-order chi connectivity index (χ0) is 25.8. The first kappa shape index (κ1) is 25.3. The first-order chi connectivity index (χ1) is 17.3. The second kappa shape index (κ2) is 10.9. The summed E-state index contributed by atoms with van der Waals surface area (Å²) < 4.78 is 1.86. The summed E-state index contributed by atoms with van der Waals surface area (Å²) in [6.07, 6.45) is 3.38. The fraction of sp³-hybridized carbons (Fsp3) is 0.300. The Morgan fingerprint density at radius 2 is 1.86 bits per heavy atom. The number of anilines is 1. The topological polar surface area (TPSA) is 90.0 Å². The van der Waals surface area contributed by atoms with Gasteiger partial charge >= 0.3 is 0 Å². The highest BCUT2D eigenvalue weighted by atomic mass is 16.1. The summed E-state index contributed by atoms with van der Waals surface area (Å²) in [7, 11) is 0. The molecule has 0 radical (unpaired) electrons. The van der Waals surface area contributed by atoms with E-state index in [4.69, 9.17) is 5.73 Å². The predicted molar refractivity (Wildman–Crippen MR) is 148 cm³/mol. The van der Waals surface area contributed by atoms with Crippen LogP contribution in [0.3, 0.4) is 0 Å². The van der Waals surface area contributed by atoms with Gasteiger partial charge in [-0.05, 0) is 80.3 Å². The molecule has 2 heterocycles. The van der Waals surface area contributed by atoms with Gasteiger partial charge in [0.1, 0.15) is 0 Å². The van der Waals surface area contributed by atoms with E-state index in [0.717, 1.165) is 39.7 Å². The summed E-state index contributed by atoms with van der Waals surface area (Å²) in [6.45, 7) is 9.37. The highest BCUT2D eigenvalue weighted by Gasteiger charge is 2.16. The van der Waals surface area contributed by atoms with E-state index in [1.165, 1.54) is 0 Å². The number of carbonyl (C=O) groups is 1. The number of hydrogen-bond acceptors (Lipinski definition) is 4. The van der Waals surface area contributed by atoms with Gasteiger partial charge < -0.3 is 15.6 Å². The molecular formula is C30H34N4O2. The molecule has 0 spiro atoms. The van der Waals surface area contributed by atoms with E-state index in [0.29, 0.717) is 42.2 Å². The van der Waals surface area contributed by atoms with Crippen molar-refractivity contribution in [1.29, 1.82) is 0 Å². The molecule has 6 nitrogen and oxygen atoms in total. The number of nitrogens with two attached hydrogens (primary N) is 1. The van der Waals surface area contributed by atoms with E-state index in [1.54, 1.807) is 6.07 Å². The molecule has 0 bridgehead atoms. The number of carbonyl (C=O) groups excluding carboxylic acids is 1. The number of hydrogen-bond donors (Lipinski definition) is 2. The van der Waals surface area contributed by atoms with Crippen molar-refractivity contribution in [3.63, 3.8) is 0 Å². The van der Waals surface area contributed by atoms with Gasteiger partial charge in [0, 0.05) is 47.1 Å². The smallest absolute Gasteiger partial charge is 0.258 e. The van der Waals surface area contributed by atoms with E-state index < -0.39 is 0 Å². The Morgan fingerprint density at radius 1 is 1.06 bits per heavy atom. The molecule has 0 unspecified atom stereocenters. The third-order valence-electron chi connectivity index (χ3n) is 6.43. The molecule has 0 aliphatic rings. The number of nitrogens with zero attached hydrogens (tertiary/aromatic N) is 2. The predicted octanol–water partition coefficient (Wildman–Crippen LogP) is 5.48. The maximum atomic E-state index is 13.8. The highest BCUT2D eigenvalue weighted by molar-refractivity contribution is 6.04. The van der Waals surface area contributed by atoms with Crippen molar-refractivity contribution in [3.8, 4) is 11.1 Å². The zero-order valence-electron chi connectivity index (χ0n) is 21.5. The number of amides is 1. The van der Waals surface area contributed by atoms with Crippen LogP contribution in [0.15, 0.2) is 65.6 Å². The van der Waals surface area contributed by atoms with Crippen LogP contribution in [0, 0.1) is 19.8 Å². The average Bonchev–Trinajstić information content (AvgIpc) is 2.84. The lowest BCUT2D eigenvalue weighted by molar-refractivity contribution is 0.102. The largest absolute Gasteiger partial charge is 0.330 e. The van der Waals surface area contributed by atoms with Crippen molar-refractivity contribution in [2.75, 3.05) is 11.9 Å². The minimum Gasteiger partial charge on any atom is -0.330 e. The van der Waals surface area contributed by atoms with Crippen molar-refractivity contribution < 1.29 is 4.79 Å². The van der Waals surface area contributed by atoms with Crippen LogP contribution in [0.1, 0.15) is 47.4 Å². The van der Waals surface area contributed by atoms with Gasteiger partial charge in [-0.3, -0.25) is 14.6 Å². The molecule has 0 aliphatic heterocycles. The Morgan fingerprint density at radius 3 is 2.58 bits per heavy atom. The Kier molecular flexibility index (Phi) is 7.65. The van der Waals surface area contributed by atoms with E-state index in [-0.39, 0.29) is 11.5 Å². The van der Waals surface area contributed by atoms with Crippen LogP contribution in [0.5, 0.6) is 0 Å². The third-order valence-corrected chi connectivity index (χ3v) is 6.43. The second-order valence-electron chi connectivity index (χ2n) is 9.82. The molecule has 6 heteroatoms. The maximum absolute atomic E-state index is 13.8. The molecule has 186 valence electrons. The lowest BCUT2D eigenvalue weighted by Gasteiger charge is -2.16. The SMILES string of the molecule is Cc1cccc(C(=O)Nc2ccc(C)c(-c3cc4cnc(CCN)cc4n(CCC(C)C)c3=O)c2)c1. The molecule has 36 heavy (non-hydrogen) atoms. The number of aryl methyl sites for hydroxylation is 3. The van der Waals surface area contributed by atoms with Gasteiger partial charge in [0.2, 0.25) is 0 Å². The number of pyridine rings is 2. The van der Waals surface area contributed by atoms with E-state index in [2.05, 4.69) is 24.1 Å². The number of benzene rings is 2. The fourth-order valence-electron chi connectivity index (χ4n) is 4.38. The average molecular weight is 483 g/mol. The summed E-state index contributed by atoms with van der Waals surface area (Å²) in [5.74, 6) is 0.279. The molecule has 2 aromatic heterocycles. The molecule has 0 aliphatic carbocycles. The van der Waals surface area contributed by atoms with Crippen LogP contribution in [0.4, 0.5) is 5.69 Å². The monoisotopic (exact) mass is 482 g/mol. The zero-order valence-corrected chi connectivity index (χ0v) is 21.5. The maximum Gasteiger partial charge on any atom is 0.258 e. The van der Waals surface area contributed by atoms with Crippen molar-refractivity contribution in [2.45, 2.75) is 47.1 Å². The summed E-state index contributed by atoms with van der Waals surface area (Å²) in [5, 5.41) is 3.89. The molecule has 4 rings (SSSR count). The molecular weight excluding hydrogens is 448 g/mol. The normalized spacial score (nSPS) is 11.3. The van der Waals surface area contributed by atoms with Crippen LogP contribution in [-0.2, 0) is 13.0 Å². The van der Waals surface area contributed by atoms with E-state index in [1.807, 2.05) is 73.1 Å². The van der Waals surface area contributed by atoms with Crippen molar-refractivity contribution >= 4 is 22.5 Å². The molecule has 3 N–H and O–H groups in total. The van der Waals surface area contributed by atoms with Crippen LogP contribution >= 0.6 is 0 Å². The summed E-state index contributed by atoms with van der Waals surface area (Å²) >= 11 is 0. The molecule has 2 aromatic carbocycles. The van der Waals surface area contributed by atoms with E-state index in [9.17, 15) is 9.59 Å². The summed E-state index contributed by atoms with van der Waals surface area (Å²) in [4.78, 5) is 31.2. The fourth-order valence-corrected chi connectivity index (χ4v) is 4.38. The Bertz CT molecular complexity index is 1470. The van der Waals surface area contributed by atoms with Gasteiger partial charge in [-0.25, -0.2) is 0 Å². The van der Waals surface area contributed by atoms with Gasteiger partial charge in [-0.15, -0.1) is 0 Å². The minimum absolute atomic E-state index is 0.0432. The Hall–Kier alpha value is -3.77.